The fraction of sp³-hybridized carbons (Fsp3) is 0.625. The average Bonchev–Trinajstić information content (AvgIpc) is 2.52. The zero-order valence-electron chi connectivity index (χ0n) is 7.30. The van der Waals surface area contributed by atoms with Crippen LogP contribution in [0.4, 0.5) is 4.39 Å². The summed E-state index contributed by atoms with van der Waals surface area (Å²) in [5.74, 6) is 0.160. The maximum Gasteiger partial charge on any atom is 0.225 e. The molecular weight excluding hydrogens is 159 g/mol. The van der Waals surface area contributed by atoms with E-state index in [-0.39, 0.29) is 5.89 Å². The molecule has 1 atom stereocenters. The SMILES string of the molecule is CNC(C)Cc1coc(CF)n1. The lowest BCUT2D eigenvalue weighted by Gasteiger charge is -2.05. The Labute approximate surface area is 71.0 Å². The molecule has 0 aliphatic rings. The van der Waals surface area contributed by atoms with Gasteiger partial charge in [0.15, 0.2) is 6.67 Å². The fourth-order valence-electron chi connectivity index (χ4n) is 0.920. The molecule has 0 aromatic carbocycles. The van der Waals surface area contributed by atoms with Crippen LogP contribution < -0.4 is 5.32 Å². The molecule has 3 nitrogen and oxygen atoms in total. The molecule has 0 saturated heterocycles. The number of nitrogens with one attached hydrogen (secondary N) is 1. The van der Waals surface area contributed by atoms with Crippen LogP contribution in [0.3, 0.4) is 0 Å². The molecular formula is C8H13FN2O. The second-order valence-electron chi connectivity index (χ2n) is 2.76. The highest BCUT2D eigenvalue weighted by atomic mass is 19.1. The number of hydrogen-bond donors (Lipinski definition) is 1. The first kappa shape index (κ1) is 9.19. The molecule has 1 heterocycles. The van der Waals surface area contributed by atoms with Gasteiger partial charge in [0, 0.05) is 12.5 Å². The molecule has 12 heavy (non-hydrogen) atoms. The number of likely N-dealkylation sites (N-methyl/N-ethyl adjacent to an activating group) is 1. The van der Waals surface area contributed by atoms with Gasteiger partial charge in [-0.05, 0) is 14.0 Å². The number of hydrogen-bond acceptors (Lipinski definition) is 3. The van der Waals surface area contributed by atoms with E-state index in [9.17, 15) is 4.39 Å². The number of halogens is 1. The van der Waals surface area contributed by atoms with Crippen molar-refractivity contribution in [2.75, 3.05) is 7.05 Å². The second kappa shape index (κ2) is 4.21. The first-order valence-electron chi connectivity index (χ1n) is 3.92. The van der Waals surface area contributed by atoms with Crippen LogP contribution in [-0.4, -0.2) is 18.1 Å². The van der Waals surface area contributed by atoms with Crippen molar-refractivity contribution >= 4 is 0 Å². The van der Waals surface area contributed by atoms with Gasteiger partial charge in [-0.3, -0.25) is 0 Å². The Kier molecular flexibility index (Phi) is 3.22. The van der Waals surface area contributed by atoms with Crippen molar-refractivity contribution in [3.63, 3.8) is 0 Å². The summed E-state index contributed by atoms with van der Waals surface area (Å²) in [6.07, 6.45) is 2.27. The predicted molar refractivity (Wildman–Crippen MR) is 43.5 cm³/mol. The molecule has 0 bridgehead atoms. The summed E-state index contributed by atoms with van der Waals surface area (Å²) in [6.45, 7) is 1.40. The van der Waals surface area contributed by atoms with E-state index in [4.69, 9.17) is 4.42 Å². The van der Waals surface area contributed by atoms with Crippen molar-refractivity contribution in [2.45, 2.75) is 26.1 Å². The summed E-state index contributed by atoms with van der Waals surface area (Å²) in [5.41, 5.74) is 0.796. The van der Waals surface area contributed by atoms with Crippen LogP contribution in [0, 0.1) is 0 Å². The first-order chi connectivity index (χ1) is 5.76. The highest BCUT2D eigenvalue weighted by Gasteiger charge is 2.06. The number of rotatable bonds is 4. The van der Waals surface area contributed by atoms with Crippen molar-refractivity contribution in [1.82, 2.24) is 10.3 Å². The van der Waals surface area contributed by atoms with Gasteiger partial charge in [-0.15, -0.1) is 0 Å². The molecule has 4 heteroatoms. The molecule has 1 unspecified atom stereocenters. The molecule has 1 aromatic heterocycles. The second-order valence-corrected chi connectivity index (χ2v) is 2.76. The zero-order valence-corrected chi connectivity index (χ0v) is 7.30. The highest BCUT2D eigenvalue weighted by molar-refractivity contribution is 4.98. The lowest BCUT2D eigenvalue weighted by molar-refractivity contribution is 0.380. The molecule has 0 fully saturated rings. The van der Waals surface area contributed by atoms with Gasteiger partial charge in [0.25, 0.3) is 0 Å². The summed E-state index contributed by atoms with van der Waals surface area (Å²) < 4.78 is 16.8. The summed E-state index contributed by atoms with van der Waals surface area (Å²) in [7, 11) is 1.88. The van der Waals surface area contributed by atoms with Gasteiger partial charge in [-0.2, -0.15) is 0 Å². The summed E-state index contributed by atoms with van der Waals surface area (Å²) >= 11 is 0. The maximum absolute atomic E-state index is 12.0. The smallest absolute Gasteiger partial charge is 0.225 e. The van der Waals surface area contributed by atoms with Crippen LogP contribution in [0.15, 0.2) is 10.7 Å². The van der Waals surface area contributed by atoms with E-state index in [0.29, 0.717) is 6.04 Å². The molecule has 1 rings (SSSR count). The first-order valence-corrected chi connectivity index (χ1v) is 3.92. The molecule has 0 radical (unpaired) electrons. The van der Waals surface area contributed by atoms with Crippen LogP contribution in [0.2, 0.25) is 0 Å². The van der Waals surface area contributed by atoms with E-state index in [1.807, 2.05) is 14.0 Å². The van der Waals surface area contributed by atoms with Gasteiger partial charge in [-0.1, -0.05) is 0 Å². The third kappa shape index (κ3) is 2.30. The molecule has 0 aliphatic carbocycles. The topological polar surface area (TPSA) is 38.1 Å². The maximum atomic E-state index is 12.0. The highest BCUT2D eigenvalue weighted by Crippen LogP contribution is 2.05. The van der Waals surface area contributed by atoms with E-state index < -0.39 is 6.67 Å². The zero-order chi connectivity index (χ0) is 8.97. The Morgan fingerprint density at radius 3 is 3.00 bits per heavy atom. The summed E-state index contributed by atoms with van der Waals surface area (Å²) in [6, 6.07) is 0.336. The van der Waals surface area contributed by atoms with Crippen molar-refractivity contribution in [1.29, 1.82) is 0 Å². The number of alkyl halides is 1. The monoisotopic (exact) mass is 172 g/mol. The number of aromatic nitrogens is 1. The molecule has 0 amide bonds. The van der Waals surface area contributed by atoms with Gasteiger partial charge >= 0.3 is 0 Å². The van der Waals surface area contributed by atoms with Crippen LogP contribution in [0.25, 0.3) is 0 Å². The van der Waals surface area contributed by atoms with Crippen molar-refractivity contribution in [3.05, 3.63) is 17.8 Å². The Hall–Kier alpha value is -0.900. The Balaban J connectivity index is 2.52. The van der Waals surface area contributed by atoms with E-state index in [2.05, 4.69) is 10.3 Å². The van der Waals surface area contributed by atoms with Crippen LogP contribution >= 0.6 is 0 Å². The van der Waals surface area contributed by atoms with E-state index in [0.717, 1.165) is 12.1 Å². The van der Waals surface area contributed by atoms with Gasteiger partial charge < -0.3 is 9.73 Å². The van der Waals surface area contributed by atoms with E-state index >= 15 is 0 Å². The van der Waals surface area contributed by atoms with E-state index in [1.165, 1.54) is 6.26 Å². The number of oxazole rings is 1. The van der Waals surface area contributed by atoms with Crippen molar-refractivity contribution < 1.29 is 8.81 Å². The molecule has 0 saturated carbocycles. The molecule has 0 aliphatic heterocycles. The fourth-order valence-corrected chi connectivity index (χ4v) is 0.920. The average molecular weight is 172 g/mol. The largest absolute Gasteiger partial charge is 0.446 e. The third-order valence-electron chi connectivity index (χ3n) is 1.72. The van der Waals surface area contributed by atoms with Crippen molar-refractivity contribution in [2.24, 2.45) is 0 Å². The minimum absolute atomic E-state index is 0.160. The van der Waals surface area contributed by atoms with Gasteiger partial charge in [0.2, 0.25) is 5.89 Å². The lowest BCUT2D eigenvalue weighted by atomic mass is 10.2. The summed E-state index contributed by atoms with van der Waals surface area (Å²) in [5, 5.41) is 3.07. The van der Waals surface area contributed by atoms with Crippen LogP contribution in [0.5, 0.6) is 0 Å². The quantitative estimate of drug-likeness (QED) is 0.743. The third-order valence-corrected chi connectivity index (χ3v) is 1.72. The van der Waals surface area contributed by atoms with Crippen molar-refractivity contribution in [3.8, 4) is 0 Å². The minimum Gasteiger partial charge on any atom is -0.446 e. The van der Waals surface area contributed by atoms with Gasteiger partial charge in [0.05, 0.1) is 5.69 Å². The Morgan fingerprint density at radius 2 is 2.50 bits per heavy atom. The molecule has 1 N–H and O–H groups in total. The minimum atomic E-state index is -0.631. The normalized spacial score (nSPS) is 13.2. The van der Waals surface area contributed by atoms with E-state index in [1.54, 1.807) is 0 Å². The van der Waals surface area contributed by atoms with Gasteiger partial charge in [0.1, 0.15) is 6.26 Å². The Morgan fingerprint density at radius 1 is 1.75 bits per heavy atom. The van der Waals surface area contributed by atoms with Crippen LogP contribution in [-0.2, 0) is 13.1 Å². The Bertz CT molecular complexity index is 237. The lowest BCUT2D eigenvalue weighted by Crippen LogP contribution is -2.23. The molecule has 68 valence electrons. The number of nitrogens with zero attached hydrogens (tertiary/aromatic N) is 1. The standard InChI is InChI=1S/C8H13FN2O/c1-6(10-2)3-7-5-12-8(4-9)11-7/h5-6,10H,3-4H2,1-2H3. The predicted octanol–water partition coefficient (Wildman–Crippen LogP) is 1.29. The van der Waals surface area contributed by atoms with Gasteiger partial charge in [-0.25, -0.2) is 9.37 Å². The summed E-state index contributed by atoms with van der Waals surface area (Å²) in [4.78, 5) is 3.94. The van der Waals surface area contributed by atoms with Crippen LogP contribution in [0.1, 0.15) is 18.5 Å². The molecule has 0 spiro atoms. The molecule has 1 aromatic rings.